The lowest BCUT2D eigenvalue weighted by molar-refractivity contribution is -0.123. The van der Waals surface area contributed by atoms with Crippen molar-refractivity contribution in [3.05, 3.63) is 77.9 Å². The van der Waals surface area contributed by atoms with Crippen molar-refractivity contribution in [3.63, 3.8) is 0 Å². The first kappa shape index (κ1) is 25.7. The highest BCUT2D eigenvalue weighted by atomic mass is 16.5. The van der Waals surface area contributed by atoms with E-state index in [9.17, 15) is 9.59 Å². The molecule has 1 amide bonds. The molecule has 6 rings (SSSR count). The van der Waals surface area contributed by atoms with E-state index in [4.69, 9.17) is 15.4 Å². The summed E-state index contributed by atoms with van der Waals surface area (Å²) in [5.74, 6) is -0.221. The average Bonchev–Trinajstić information content (AvgIpc) is 3.31. The van der Waals surface area contributed by atoms with Gasteiger partial charge in [-0.15, -0.1) is 0 Å². The van der Waals surface area contributed by atoms with E-state index in [1.54, 1.807) is 6.92 Å². The van der Waals surface area contributed by atoms with Crippen LogP contribution in [-0.2, 0) is 11.3 Å². The standard InChI is InChI=1S/C22H21N5O2.C5H5NO4/c1-14-25-20(26-29-14)19-12-16-4-2-3-5-18(16)27(19)17-8-6-15(7-9-17)13-24-21(28)22(23)10-11-22;1-9-4-2-3(5(7)8)10-6-4/h2-9,12H,10-11,13,23H2,1H3,(H,24,28);2H,1H3,(H,7,8). The van der Waals surface area contributed by atoms with Crippen molar-refractivity contribution in [2.24, 2.45) is 5.73 Å². The van der Waals surface area contributed by atoms with Gasteiger partial charge in [-0.25, -0.2) is 4.79 Å². The zero-order valence-corrected chi connectivity index (χ0v) is 21.2. The van der Waals surface area contributed by atoms with E-state index in [2.05, 4.69) is 52.6 Å². The average molecular weight is 531 g/mol. The number of aromatic carboxylic acids is 1. The largest absolute Gasteiger partial charge is 0.479 e. The summed E-state index contributed by atoms with van der Waals surface area (Å²) in [7, 11) is 1.38. The number of carbonyl (C=O) groups is 2. The number of para-hydroxylation sites is 1. The van der Waals surface area contributed by atoms with Crippen LogP contribution >= 0.6 is 0 Å². The van der Waals surface area contributed by atoms with Gasteiger partial charge < -0.3 is 34.5 Å². The first-order valence-electron chi connectivity index (χ1n) is 12.1. The molecule has 12 heteroatoms. The maximum Gasteiger partial charge on any atom is 0.374 e. The van der Waals surface area contributed by atoms with Crippen molar-refractivity contribution in [3.8, 4) is 23.1 Å². The van der Waals surface area contributed by atoms with Crippen molar-refractivity contribution in [2.75, 3.05) is 7.11 Å². The van der Waals surface area contributed by atoms with Gasteiger partial charge in [-0.3, -0.25) is 4.79 Å². The summed E-state index contributed by atoms with van der Waals surface area (Å²) >= 11 is 0. The van der Waals surface area contributed by atoms with Gasteiger partial charge in [0.25, 0.3) is 5.88 Å². The van der Waals surface area contributed by atoms with Gasteiger partial charge in [-0.05, 0) is 47.8 Å². The number of nitrogens with zero attached hydrogens (tertiary/aromatic N) is 4. The molecule has 200 valence electrons. The topological polar surface area (TPSA) is 172 Å². The van der Waals surface area contributed by atoms with E-state index in [1.807, 2.05) is 36.4 Å². The zero-order chi connectivity index (χ0) is 27.6. The molecule has 1 fully saturated rings. The quantitative estimate of drug-likeness (QED) is 0.283. The Hall–Kier alpha value is -4.97. The van der Waals surface area contributed by atoms with Gasteiger partial charge in [0.15, 0.2) is 0 Å². The summed E-state index contributed by atoms with van der Waals surface area (Å²) in [6.07, 6.45) is 1.52. The summed E-state index contributed by atoms with van der Waals surface area (Å²) in [6.45, 7) is 2.24. The Morgan fingerprint density at radius 2 is 1.85 bits per heavy atom. The van der Waals surface area contributed by atoms with Crippen LogP contribution in [0.5, 0.6) is 5.88 Å². The second kappa shape index (κ2) is 10.4. The molecule has 0 aliphatic heterocycles. The van der Waals surface area contributed by atoms with E-state index in [-0.39, 0.29) is 17.5 Å². The van der Waals surface area contributed by atoms with E-state index in [1.165, 1.54) is 13.2 Å². The summed E-state index contributed by atoms with van der Waals surface area (Å²) in [4.78, 5) is 26.6. The fraction of sp³-hybridized carbons (Fsp3) is 0.222. The molecule has 0 unspecified atom stereocenters. The van der Waals surface area contributed by atoms with E-state index in [0.717, 1.165) is 40.7 Å². The normalized spacial score (nSPS) is 13.4. The molecule has 0 bridgehead atoms. The number of rotatable bonds is 7. The third kappa shape index (κ3) is 5.50. The van der Waals surface area contributed by atoms with Crippen molar-refractivity contribution >= 4 is 22.8 Å². The number of nitrogens with one attached hydrogen (secondary N) is 1. The molecule has 1 saturated carbocycles. The Balaban J connectivity index is 0.000000261. The van der Waals surface area contributed by atoms with Gasteiger partial charge in [0.1, 0.15) is 0 Å². The highest BCUT2D eigenvalue weighted by Gasteiger charge is 2.45. The van der Waals surface area contributed by atoms with Crippen LogP contribution in [0.3, 0.4) is 0 Å². The Kier molecular flexibility index (Phi) is 6.86. The Morgan fingerprint density at radius 3 is 2.44 bits per heavy atom. The molecule has 39 heavy (non-hydrogen) atoms. The van der Waals surface area contributed by atoms with Crippen LogP contribution in [0.4, 0.5) is 0 Å². The first-order chi connectivity index (χ1) is 18.8. The number of carboxylic acid groups (broad SMARTS) is 1. The van der Waals surface area contributed by atoms with Crippen LogP contribution in [0.25, 0.3) is 28.1 Å². The summed E-state index contributed by atoms with van der Waals surface area (Å²) in [5, 5.41) is 19.7. The van der Waals surface area contributed by atoms with Gasteiger partial charge in [0.2, 0.25) is 23.4 Å². The predicted octanol–water partition coefficient (Wildman–Crippen LogP) is 3.48. The molecule has 0 spiro atoms. The number of fused-ring (bicyclic) bond motifs is 1. The second-order valence-corrected chi connectivity index (χ2v) is 9.10. The van der Waals surface area contributed by atoms with Gasteiger partial charge in [0, 0.05) is 24.5 Å². The highest BCUT2D eigenvalue weighted by molar-refractivity contribution is 5.89. The molecule has 1 aliphatic carbocycles. The lowest BCUT2D eigenvalue weighted by Gasteiger charge is -2.12. The van der Waals surface area contributed by atoms with Gasteiger partial charge in [0.05, 0.1) is 29.9 Å². The van der Waals surface area contributed by atoms with Crippen molar-refractivity contribution in [1.82, 2.24) is 25.2 Å². The number of benzene rings is 2. The number of carboxylic acids is 1. The van der Waals surface area contributed by atoms with Crippen LogP contribution in [0.15, 0.2) is 69.7 Å². The number of nitrogens with two attached hydrogens (primary N) is 1. The van der Waals surface area contributed by atoms with Crippen LogP contribution in [0, 0.1) is 6.92 Å². The van der Waals surface area contributed by atoms with E-state index in [0.29, 0.717) is 18.3 Å². The SMILES string of the molecule is COc1cc(C(=O)O)on1.Cc1nc(-c2cc3ccccc3n2-c2ccc(CNC(=O)C3(N)CC3)cc2)no1. The van der Waals surface area contributed by atoms with Crippen LogP contribution in [0.1, 0.15) is 34.9 Å². The fourth-order valence-electron chi connectivity index (χ4n) is 3.94. The van der Waals surface area contributed by atoms with Gasteiger partial charge in [-0.2, -0.15) is 4.98 Å². The lowest BCUT2D eigenvalue weighted by Crippen LogP contribution is -2.42. The van der Waals surface area contributed by atoms with Gasteiger partial charge in [-0.1, -0.05) is 35.5 Å². The summed E-state index contributed by atoms with van der Waals surface area (Å²) in [5.41, 5.74) is 9.20. The Labute approximate surface area is 222 Å². The van der Waals surface area contributed by atoms with E-state index >= 15 is 0 Å². The number of hydrogen-bond donors (Lipinski definition) is 3. The molecule has 2 aromatic carbocycles. The first-order valence-corrected chi connectivity index (χ1v) is 12.1. The van der Waals surface area contributed by atoms with E-state index < -0.39 is 11.5 Å². The number of hydrogen-bond acceptors (Lipinski definition) is 9. The van der Waals surface area contributed by atoms with Crippen LogP contribution in [-0.4, -0.2) is 49.5 Å². The molecule has 4 N–H and O–H groups in total. The predicted molar refractivity (Wildman–Crippen MR) is 139 cm³/mol. The van der Waals surface area contributed by atoms with Crippen molar-refractivity contribution in [2.45, 2.75) is 31.8 Å². The monoisotopic (exact) mass is 530 g/mol. The molecular formula is C27H26N6O6. The molecule has 1 aliphatic rings. The molecule has 3 aromatic heterocycles. The minimum Gasteiger partial charge on any atom is -0.479 e. The molecule has 5 aromatic rings. The van der Waals surface area contributed by atoms with Crippen LogP contribution in [0.2, 0.25) is 0 Å². The number of amides is 1. The maximum absolute atomic E-state index is 12.0. The number of methoxy groups -OCH3 is 1. The summed E-state index contributed by atoms with van der Waals surface area (Å²) < 4.78 is 16.2. The second-order valence-electron chi connectivity index (χ2n) is 9.10. The van der Waals surface area contributed by atoms with Crippen molar-refractivity contribution in [1.29, 1.82) is 0 Å². The summed E-state index contributed by atoms with van der Waals surface area (Å²) in [6, 6.07) is 19.5. The number of aromatic nitrogens is 4. The Bertz CT molecular complexity index is 1630. The molecule has 0 saturated heterocycles. The zero-order valence-electron chi connectivity index (χ0n) is 21.2. The number of carbonyl (C=O) groups excluding carboxylic acids is 1. The van der Waals surface area contributed by atoms with Crippen LogP contribution < -0.4 is 15.8 Å². The molecule has 12 nitrogen and oxygen atoms in total. The minimum atomic E-state index is -1.16. The molecule has 3 heterocycles. The third-order valence-corrected chi connectivity index (χ3v) is 6.26. The molecule has 0 radical (unpaired) electrons. The molecular weight excluding hydrogens is 504 g/mol. The fourth-order valence-corrected chi connectivity index (χ4v) is 3.94. The smallest absolute Gasteiger partial charge is 0.374 e. The van der Waals surface area contributed by atoms with Gasteiger partial charge >= 0.3 is 5.97 Å². The third-order valence-electron chi connectivity index (χ3n) is 6.26. The van der Waals surface area contributed by atoms with Crippen molar-refractivity contribution < 1.29 is 28.5 Å². The number of aryl methyl sites for hydroxylation is 1. The maximum atomic E-state index is 12.0. The number of ether oxygens (including phenoxy) is 1. The Morgan fingerprint density at radius 1 is 1.10 bits per heavy atom. The highest BCUT2D eigenvalue weighted by Crippen LogP contribution is 2.32. The molecule has 0 atom stereocenters. The lowest BCUT2D eigenvalue weighted by atomic mass is 10.2. The minimum absolute atomic E-state index is 0.0762.